The molecule has 13 heavy (non-hydrogen) atoms. The van der Waals surface area contributed by atoms with Gasteiger partial charge in [0, 0.05) is 17.8 Å². The molecule has 0 heterocycles. The Hall–Kier alpha value is -1.51. The number of carbonyl (C=O) groups excluding carboxylic acids is 1. The van der Waals surface area contributed by atoms with Gasteiger partial charge in [-0.2, -0.15) is 0 Å². The Morgan fingerprint density at radius 3 is 2.69 bits per heavy atom. The average Bonchev–Trinajstić information content (AvgIpc) is 2.08. The molecule has 0 aliphatic heterocycles. The molecule has 0 aromatic heterocycles. The number of nitrogens with one attached hydrogen (secondary N) is 1. The van der Waals surface area contributed by atoms with E-state index in [0.717, 1.165) is 17.8 Å². The van der Waals surface area contributed by atoms with Gasteiger partial charge in [-0.1, -0.05) is 0 Å². The number of amides is 1. The summed E-state index contributed by atoms with van der Waals surface area (Å²) < 4.78 is 0. The van der Waals surface area contributed by atoms with Crippen molar-refractivity contribution in [1.82, 2.24) is 0 Å². The molecule has 1 aromatic carbocycles. The Morgan fingerprint density at radius 1 is 1.54 bits per heavy atom. The van der Waals surface area contributed by atoms with Crippen molar-refractivity contribution in [2.24, 2.45) is 5.73 Å². The number of nitrogens with two attached hydrogens (primary N) is 1. The summed E-state index contributed by atoms with van der Waals surface area (Å²) in [6, 6.07) is 5.40. The monoisotopic (exact) mass is 178 g/mol. The van der Waals surface area contributed by atoms with Gasteiger partial charge in [0.15, 0.2) is 0 Å². The molecule has 0 saturated heterocycles. The van der Waals surface area contributed by atoms with Crippen LogP contribution in [0.4, 0.5) is 5.69 Å². The third-order valence-corrected chi connectivity index (χ3v) is 1.88. The Bertz CT molecular complexity index is 321. The number of primary amides is 1. The van der Waals surface area contributed by atoms with Crippen LogP contribution >= 0.6 is 0 Å². The summed E-state index contributed by atoms with van der Waals surface area (Å²) in [5, 5.41) is 3.19. The lowest BCUT2D eigenvalue weighted by Crippen LogP contribution is -2.11. The van der Waals surface area contributed by atoms with Crippen molar-refractivity contribution >= 4 is 11.6 Å². The minimum absolute atomic E-state index is 0.383. The van der Waals surface area contributed by atoms with Crippen LogP contribution in [0.1, 0.15) is 22.8 Å². The minimum atomic E-state index is -0.383. The van der Waals surface area contributed by atoms with Crippen molar-refractivity contribution in [3.05, 3.63) is 29.3 Å². The van der Waals surface area contributed by atoms with E-state index in [1.54, 1.807) is 12.1 Å². The van der Waals surface area contributed by atoms with E-state index in [1.165, 1.54) is 0 Å². The van der Waals surface area contributed by atoms with Crippen molar-refractivity contribution in [3.8, 4) is 0 Å². The van der Waals surface area contributed by atoms with Gasteiger partial charge in [0.05, 0.1) is 0 Å². The first kappa shape index (κ1) is 9.58. The second-order valence-corrected chi connectivity index (χ2v) is 2.92. The highest BCUT2D eigenvalue weighted by atomic mass is 16.1. The van der Waals surface area contributed by atoms with Crippen LogP contribution in [0.25, 0.3) is 0 Å². The van der Waals surface area contributed by atoms with Crippen LogP contribution in [-0.4, -0.2) is 12.5 Å². The fourth-order valence-electron chi connectivity index (χ4n) is 1.21. The standard InChI is InChI=1S/C10H14N2O/c1-3-12-9-5-4-8(10(11)13)6-7(9)2/h4-6,12H,3H2,1-2H3,(H2,11,13). The van der Waals surface area contributed by atoms with Crippen molar-refractivity contribution in [2.45, 2.75) is 13.8 Å². The zero-order chi connectivity index (χ0) is 9.84. The van der Waals surface area contributed by atoms with E-state index < -0.39 is 0 Å². The quantitative estimate of drug-likeness (QED) is 0.737. The average molecular weight is 178 g/mol. The maximum absolute atomic E-state index is 10.8. The van der Waals surface area contributed by atoms with Gasteiger partial charge in [-0.3, -0.25) is 4.79 Å². The summed E-state index contributed by atoms with van der Waals surface area (Å²) in [5.74, 6) is -0.383. The SMILES string of the molecule is CCNc1ccc(C(N)=O)cc1C. The fraction of sp³-hybridized carbons (Fsp3) is 0.300. The second-order valence-electron chi connectivity index (χ2n) is 2.92. The van der Waals surface area contributed by atoms with Crippen LogP contribution in [0, 0.1) is 6.92 Å². The van der Waals surface area contributed by atoms with Gasteiger partial charge in [-0.15, -0.1) is 0 Å². The van der Waals surface area contributed by atoms with Crippen LogP contribution in [-0.2, 0) is 0 Å². The highest BCUT2D eigenvalue weighted by Crippen LogP contribution is 2.15. The van der Waals surface area contributed by atoms with Gasteiger partial charge in [0.1, 0.15) is 0 Å². The van der Waals surface area contributed by atoms with Crippen molar-refractivity contribution < 1.29 is 4.79 Å². The van der Waals surface area contributed by atoms with Gasteiger partial charge in [-0.25, -0.2) is 0 Å². The predicted molar refractivity (Wildman–Crippen MR) is 53.9 cm³/mol. The highest BCUT2D eigenvalue weighted by molar-refractivity contribution is 5.93. The lowest BCUT2D eigenvalue weighted by molar-refractivity contribution is 0.100. The number of anilines is 1. The van der Waals surface area contributed by atoms with E-state index in [-0.39, 0.29) is 5.91 Å². The topological polar surface area (TPSA) is 55.1 Å². The number of hydrogen-bond donors (Lipinski definition) is 2. The van der Waals surface area contributed by atoms with E-state index >= 15 is 0 Å². The molecule has 0 unspecified atom stereocenters. The molecule has 70 valence electrons. The maximum atomic E-state index is 10.8. The minimum Gasteiger partial charge on any atom is -0.385 e. The van der Waals surface area contributed by atoms with E-state index in [0.29, 0.717) is 5.56 Å². The molecule has 0 spiro atoms. The smallest absolute Gasteiger partial charge is 0.248 e. The molecular formula is C10H14N2O. The Balaban J connectivity index is 2.98. The first-order valence-corrected chi connectivity index (χ1v) is 4.29. The molecule has 0 saturated carbocycles. The van der Waals surface area contributed by atoms with Crippen LogP contribution < -0.4 is 11.1 Å². The van der Waals surface area contributed by atoms with Crippen LogP contribution in [0.5, 0.6) is 0 Å². The predicted octanol–water partition coefficient (Wildman–Crippen LogP) is 1.53. The maximum Gasteiger partial charge on any atom is 0.248 e. The first-order chi connectivity index (χ1) is 6.15. The molecule has 0 aliphatic carbocycles. The molecule has 3 nitrogen and oxygen atoms in total. The summed E-state index contributed by atoms with van der Waals surface area (Å²) in [7, 11) is 0. The van der Waals surface area contributed by atoms with Crippen molar-refractivity contribution in [3.63, 3.8) is 0 Å². The normalized spacial score (nSPS) is 9.69. The highest BCUT2D eigenvalue weighted by Gasteiger charge is 2.02. The largest absolute Gasteiger partial charge is 0.385 e. The molecule has 0 aliphatic rings. The first-order valence-electron chi connectivity index (χ1n) is 4.29. The molecule has 0 fully saturated rings. The molecule has 0 radical (unpaired) electrons. The zero-order valence-corrected chi connectivity index (χ0v) is 7.92. The number of carbonyl (C=O) groups is 1. The fourth-order valence-corrected chi connectivity index (χ4v) is 1.21. The Labute approximate surface area is 77.9 Å². The van der Waals surface area contributed by atoms with Crippen molar-refractivity contribution in [1.29, 1.82) is 0 Å². The number of hydrogen-bond acceptors (Lipinski definition) is 2. The van der Waals surface area contributed by atoms with Crippen LogP contribution in [0.3, 0.4) is 0 Å². The van der Waals surface area contributed by atoms with E-state index in [1.807, 2.05) is 19.9 Å². The second kappa shape index (κ2) is 3.94. The van der Waals surface area contributed by atoms with Gasteiger partial charge < -0.3 is 11.1 Å². The molecule has 0 bridgehead atoms. The molecule has 3 heteroatoms. The van der Waals surface area contributed by atoms with Crippen LogP contribution in [0.15, 0.2) is 18.2 Å². The summed E-state index contributed by atoms with van der Waals surface area (Å²) >= 11 is 0. The number of aryl methyl sites for hydroxylation is 1. The molecule has 0 atom stereocenters. The lowest BCUT2D eigenvalue weighted by Gasteiger charge is -2.07. The van der Waals surface area contributed by atoms with E-state index in [9.17, 15) is 4.79 Å². The summed E-state index contributed by atoms with van der Waals surface area (Å²) in [6.45, 7) is 4.85. The van der Waals surface area contributed by atoms with Gasteiger partial charge in [0.25, 0.3) is 0 Å². The molecular weight excluding hydrogens is 164 g/mol. The summed E-state index contributed by atoms with van der Waals surface area (Å²) in [4.78, 5) is 10.8. The Morgan fingerprint density at radius 2 is 2.23 bits per heavy atom. The summed E-state index contributed by atoms with van der Waals surface area (Å²) in [6.07, 6.45) is 0. The van der Waals surface area contributed by atoms with E-state index in [2.05, 4.69) is 5.32 Å². The van der Waals surface area contributed by atoms with Gasteiger partial charge >= 0.3 is 0 Å². The van der Waals surface area contributed by atoms with Crippen LogP contribution in [0.2, 0.25) is 0 Å². The third-order valence-electron chi connectivity index (χ3n) is 1.88. The third kappa shape index (κ3) is 2.21. The lowest BCUT2D eigenvalue weighted by atomic mass is 10.1. The zero-order valence-electron chi connectivity index (χ0n) is 7.92. The van der Waals surface area contributed by atoms with Gasteiger partial charge in [0.2, 0.25) is 5.91 Å². The van der Waals surface area contributed by atoms with Crippen molar-refractivity contribution in [2.75, 3.05) is 11.9 Å². The van der Waals surface area contributed by atoms with E-state index in [4.69, 9.17) is 5.73 Å². The Kier molecular flexibility index (Phi) is 2.90. The molecule has 1 amide bonds. The number of rotatable bonds is 3. The number of benzene rings is 1. The molecule has 3 N–H and O–H groups in total. The van der Waals surface area contributed by atoms with Gasteiger partial charge in [-0.05, 0) is 37.6 Å². The molecule has 1 aromatic rings. The molecule has 1 rings (SSSR count). The summed E-state index contributed by atoms with van der Waals surface area (Å²) in [5.41, 5.74) is 7.79.